The van der Waals surface area contributed by atoms with Gasteiger partial charge < -0.3 is 5.73 Å². The molecule has 4 N–H and O–H groups in total. The molecule has 2 unspecified atom stereocenters. The Labute approximate surface area is 111 Å². The Morgan fingerprint density at radius 3 is 2.39 bits per heavy atom. The third-order valence-corrected chi connectivity index (χ3v) is 3.67. The van der Waals surface area contributed by atoms with E-state index in [9.17, 15) is 9.59 Å². The van der Waals surface area contributed by atoms with Gasteiger partial charge >= 0.3 is 6.03 Å². The van der Waals surface area contributed by atoms with Gasteiger partial charge in [-0.2, -0.15) is 0 Å². The van der Waals surface area contributed by atoms with Gasteiger partial charge in [0.2, 0.25) is 5.91 Å². The van der Waals surface area contributed by atoms with Crippen molar-refractivity contribution < 1.29 is 9.59 Å². The van der Waals surface area contributed by atoms with Gasteiger partial charge in [-0.15, -0.1) is 11.3 Å². The molecular weight excluding hydrogens is 250 g/mol. The summed E-state index contributed by atoms with van der Waals surface area (Å²) in [7, 11) is 0. The average Bonchev–Trinajstić information content (AvgIpc) is 2.56. The molecule has 0 radical (unpaired) electrons. The molecule has 1 aromatic rings. The number of aryl methyl sites for hydroxylation is 2. The van der Waals surface area contributed by atoms with E-state index in [1.54, 1.807) is 18.3 Å². The quantitative estimate of drug-likeness (QED) is 0.776. The normalized spacial score (nSPS) is 14.0. The maximum atomic E-state index is 11.5. The van der Waals surface area contributed by atoms with Gasteiger partial charge in [0.25, 0.3) is 0 Å². The molecule has 0 aliphatic rings. The van der Waals surface area contributed by atoms with E-state index in [1.807, 2.05) is 6.92 Å². The van der Waals surface area contributed by atoms with E-state index in [0.29, 0.717) is 0 Å². The number of imide groups is 1. The fourth-order valence-electron chi connectivity index (χ4n) is 1.85. The first-order valence-corrected chi connectivity index (χ1v) is 6.56. The highest BCUT2D eigenvalue weighted by Crippen LogP contribution is 2.26. The van der Waals surface area contributed by atoms with E-state index >= 15 is 0 Å². The Balaban J connectivity index is 2.64. The second kappa shape index (κ2) is 5.97. The summed E-state index contributed by atoms with van der Waals surface area (Å²) in [5, 5.41) is 5.20. The summed E-state index contributed by atoms with van der Waals surface area (Å²) in [5.41, 5.74) is 6.08. The maximum Gasteiger partial charge on any atom is 0.318 e. The van der Waals surface area contributed by atoms with Crippen LogP contribution in [0.25, 0.3) is 0 Å². The summed E-state index contributed by atoms with van der Waals surface area (Å²) < 4.78 is 0. The Morgan fingerprint density at radius 1 is 1.33 bits per heavy atom. The van der Waals surface area contributed by atoms with Crippen LogP contribution in [-0.4, -0.2) is 18.0 Å². The highest BCUT2D eigenvalue weighted by atomic mass is 32.1. The van der Waals surface area contributed by atoms with Crippen molar-refractivity contribution in [3.8, 4) is 0 Å². The molecule has 0 aromatic carbocycles. The number of nitrogens with one attached hydrogen (secondary N) is 2. The van der Waals surface area contributed by atoms with E-state index in [0.717, 1.165) is 0 Å². The molecule has 0 aliphatic heterocycles. The topological polar surface area (TPSA) is 84.2 Å². The zero-order chi connectivity index (χ0) is 13.9. The molecule has 2 atom stereocenters. The molecular formula is C12H19N3O2S. The molecule has 3 amide bonds. The lowest BCUT2D eigenvalue weighted by Gasteiger charge is -2.19. The Kier molecular flexibility index (Phi) is 4.86. The monoisotopic (exact) mass is 269 g/mol. The number of hydrogen-bond acceptors (Lipinski definition) is 4. The zero-order valence-corrected chi connectivity index (χ0v) is 11.9. The summed E-state index contributed by atoms with van der Waals surface area (Å²) >= 11 is 1.73. The maximum absolute atomic E-state index is 11.5. The SMILES string of the molecule is Cc1cc(C(C)NC(C)C(=O)NC(N)=O)c(C)s1. The van der Waals surface area contributed by atoms with E-state index < -0.39 is 18.0 Å². The van der Waals surface area contributed by atoms with Gasteiger partial charge in [0, 0.05) is 15.8 Å². The molecule has 0 fully saturated rings. The van der Waals surface area contributed by atoms with Gasteiger partial charge in [-0.25, -0.2) is 4.79 Å². The van der Waals surface area contributed by atoms with Crippen LogP contribution in [0.15, 0.2) is 6.07 Å². The highest BCUT2D eigenvalue weighted by molar-refractivity contribution is 7.12. The molecule has 18 heavy (non-hydrogen) atoms. The molecule has 5 nitrogen and oxygen atoms in total. The van der Waals surface area contributed by atoms with E-state index in [4.69, 9.17) is 5.73 Å². The van der Waals surface area contributed by atoms with E-state index in [1.165, 1.54) is 15.3 Å². The molecule has 0 bridgehead atoms. The minimum Gasteiger partial charge on any atom is -0.351 e. The fraction of sp³-hybridized carbons (Fsp3) is 0.500. The van der Waals surface area contributed by atoms with Crippen molar-refractivity contribution >= 4 is 23.3 Å². The largest absolute Gasteiger partial charge is 0.351 e. The van der Waals surface area contributed by atoms with Crippen LogP contribution < -0.4 is 16.4 Å². The van der Waals surface area contributed by atoms with Crippen LogP contribution in [-0.2, 0) is 4.79 Å². The van der Waals surface area contributed by atoms with E-state index in [-0.39, 0.29) is 6.04 Å². The number of rotatable bonds is 4. The van der Waals surface area contributed by atoms with Crippen LogP contribution >= 0.6 is 11.3 Å². The van der Waals surface area contributed by atoms with E-state index in [2.05, 4.69) is 30.5 Å². The third-order valence-electron chi connectivity index (χ3n) is 2.69. The number of urea groups is 1. The van der Waals surface area contributed by atoms with Crippen LogP contribution in [0, 0.1) is 13.8 Å². The summed E-state index contributed by atoms with van der Waals surface area (Å²) in [5.74, 6) is -0.418. The third kappa shape index (κ3) is 3.82. The molecule has 0 aliphatic carbocycles. The fourth-order valence-corrected chi connectivity index (χ4v) is 2.87. The van der Waals surface area contributed by atoms with Gasteiger partial charge in [0.05, 0.1) is 6.04 Å². The number of thiophene rings is 1. The Hall–Kier alpha value is -1.40. The smallest absolute Gasteiger partial charge is 0.318 e. The van der Waals surface area contributed by atoms with Crippen molar-refractivity contribution in [1.82, 2.24) is 10.6 Å². The predicted octanol–water partition coefficient (Wildman–Crippen LogP) is 1.60. The highest BCUT2D eigenvalue weighted by Gasteiger charge is 2.19. The van der Waals surface area contributed by atoms with Gasteiger partial charge in [-0.05, 0) is 39.3 Å². The lowest BCUT2D eigenvalue weighted by Crippen LogP contribution is -2.47. The lowest BCUT2D eigenvalue weighted by atomic mass is 10.1. The second-order valence-corrected chi connectivity index (χ2v) is 5.79. The van der Waals surface area contributed by atoms with Crippen LogP contribution in [0.1, 0.15) is 35.2 Å². The molecule has 1 heterocycles. The van der Waals surface area contributed by atoms with Crippen LogP contribution in [0.4, 0.5) is 4.79 Å². The van der Waals surface area contributed by atoms with Crippen molar-refractivity contribution in [1.29, 1.82) is 0 Å². The minimum absolute atomic E-state index is 0.0450. The summed E-state index contributed by atoms with van der Waals surface area (Å²) in [6.45, 7) is 7.79. The Morgan fingerprint density at radius 2 is 1.94 bits per heavy atom. The standard InChI is InChI=1S/C12H19N3O2S/c1-6-5-10(9(4)18-6)7(2)14-8(3)11(16)15-12(13)17/h5,7-8,14H,1-4H3,(H3,13,15,16,17). The van der Waals surface area contributed by atoms with Crippen LogP contribution in [0.2, 0.25) is 0 Å². The number of carbonyl (C=O) groups is 2. The predicted molar refractivity (Wildman–Crippen MR) is 72.5 cm³/mol. The van der Waals surface area contributed by atoms with Crippen molar-refractivity contribution in [2.75, 3.05) is 0 Å². The van der Waals surface area contributed by atoms with Crippen molar-refractivity contribution in [2.45, 2.75) is 39.8 Å². The molecule has 1 aromatic heterocycles. The van der Waals surface area contributed by atoms with Gasteiger partial charge in [0.15, 0.2) is 0 Å². The van der Waals surface area contributed by atoms with Crippen LogP contribution in [0.3, 0.4) is 0 Å². The molecule has 6 heteroatoms. The Bertz CT molecular complexity index is 456. The van der Waals surface area contributed by atoms with Crippen molar-refractivity contribution in [3.63, 3.8) is 0 Å². The zero-order valence-electron chi connectivity index (χ0n) is 11.0. The molecule has 100 valence electrons. The first-order chi connectivity index (χ1) is 8.31. The summed E-state index contributed by atoms with van der Waals surface area (Å²) in [4.78, 5) is 24.6. The molecule has 1 rings (SSSR count). The first-order valence-electron chi connectivity index (χ1n) is 5.74. The van der Waals surface area contributed by atoms with Crippen LogP contribution in [0.5, 0.6) is 0 Å². The number of primary amides is 1. The van der Waals surface area contributed by atoms with Gasteiger partial charge in [0.1, 0.15) is 0 Å². The number of carbonyl (C=O) groups excluding carboxylic acids is 2. The van der Waals surface area contributed by atoms with Gasteiger partial charge in [-0.1, -0.05) is 0 Å². The minimum atomic E-state index is -0.830. The van der Waals surface area contributed by atoms with Crippen molar-refractivity contribution in [3.05, 3.63) is 21.4 Å². The second-order valence-electron chi connectivity index (χ2n) is 4.33. The summed E-state index contributed by atoms with van der Waals surface area (Å²) in [6.07, 6.45) is 0. The first kappa shape index (κ1) is 14.7. The molecule has 0 saturated carbocycles. The lowest BCUT2D eigenvalue weighted by molar-refractivity contribution is -0.121. The number of nitrogens with two attached hydrogens (primary N) is 1. The van der Waals surface area contributed by atoms with Crippen molar-refractivity contribution in [2.24, 2.45) is 5.73 Å². The number of amides is 3. The average molecular weight is 269 g/mol. The van der Waals surface area contributed by atoms with Gasteiger partial charge in [-0.3, -0.25) is 15.4 Å². The molecule has 0 saturated heterocycles. The number of hydrogen-bond donors (Lipinski definition) is 3. The molecule has 0 spiro atoms. The summed E-state index contributed by atoms with van der Waals surface area (Å²) in [6, 6.07) is 0.843.